The smallest absolute Gasteiger partial charge is 0.191 e. The van der Waals surface area contributed by atoms with Crippen LogP contribution in [0.2, 0.25) is 0 Å². The van der Waals surface area contributed by atoms with Crippen molar-refractivity contribution in [2.24, 2.45) is 4.99 Å². The highest BCUT2D eigenvalue weighted by Crippen LogP contribution is 2.15. The van der Waals surface area contributed by atoms with Gasteiger partial charge in [-0.1, -0.05) is 6.92 Å². The first-order chi connectivity index (χ1) is 13.6. The van der Waals surface area contributed by atoms with E-state index in [1.807, 2.05) is 11.6 Å². The van der Waals surface area contributed by atoms with Crippen LogP contribution in [0.5, 0.6) is 5.75 Å². The number of aryl methyl sites for hydroxylation is 2. The van der Waals surface area contributed by atoms with Gasteiger partial charge in [0.15, 0.2) is 23.4 Å². The minimum atomic E-state index is -0.924. The van der Waals surface area contributed by atoms with Crippen LogP contribution in [0, 0.1) is 11.6 Å². The summed E-state index contributed by atoms with van der Waals surface area (Å²) in [4.78, 5) is 9.03. The van der Waals surface area contributed by atoms with Crippen LogP contribution >= 0.6 is 0 Å². The second-order valence-corrected chi connectivity index (χ2v) is 6.54. The highest BCUT2D eigenvalue weighted by molar-refractivity contribution is 5.80. The third kappa shape index (κ3) is 5.17. The largest absolute Gasteiger partial charge is 0.492 e. The molecule has 7 nitrogen and oxygen atoms in total. The van der Waals surface area contributed by atoms with Gasteiger partial charge in [0.05, 0.1) is 13.1 Å². The minimum absolute atomic E-state index is 0.212. The Morgan fingerprint density at radius 2 is 2.18 bits per heavy atom. The molecule has 9 heteroatoms. The SMILES string of the molecule is CCNC(=NCCOc1ccc(F)c(F)c1)NC1CCc2nc(CC)nn2C1. The summed E-state index contributed by atoms with van der Waals surface area (Å²) in [6, 6.07) is 3.69. The van der Waals surface area contributed by atoms with Crippen molar-refractivity contribution in [2.75, 3.05) is 19.7 Å². The molecule has 1 aliphatic heterocycles. The Balaban J connectivity index is 1.51. The van der Waals surface area contributed by atoms with Gasteiger partial charge in [-0.05, 0) is 25.5 Å². The van der Waals surface area contributed by atoms with Gasteiger partial charge in [-0.3, -0.25) is 0 Å². The molecule has 0 radical (unpaired) electrons. The summed E-state index contributed by atoms with van der Waals surface area (Å²) >= 11 is 0. The Kier molecular flexibility index (Phi) is 6.78. The van der Waals surface area contributed by atoms with Crippen molar-refractivity contribution in [1.82, 2.24) is 25.4 Å². The molecule has 1 atom stereocenters. The Hall–Kier alpha value is -2.71. The summed E-state index contributed by atoms with van der Waals surface area (Å²) in [5.41, 5.74) is 0. The summed E-state index contributed by atoms with van der Waals surface area (Å²) in [6.45, 7) is 6.18. The van der Waals surface area contributed by atoms with Crippen LogP contribution in [0.15, 0.2) is 23.2 Å². The molecule has 0 bridgehead atoms. The van der Waals surface area contributed by atoms with Crippen LogP contribution in [-0.2, 0) is 19.4 Å². The van der Waals surface area contributed by atoms with Gasteiger partial charge in [-0.2, -0.15) is 5.10 Å². The normalized spacial score (nSPS) is 16.6. The number of nitrogens with one attached hydrogen (secondary N) is 2. The summed E-state index contributed by atoms with van der Waals surface area (Å²) < 4.78 is 33.5. The lowest BCUT2D eigenvalue weighted by atomic mass is 10.1. The molecule has 0 aliphatic carbocycles. The van der Waals surface area contributed by atoms with Crippen LogP contribution in [0.4, 0.5) is 8.78 Å². The third-order valence-electron chi connectivity index (χ3n) is 4.42. The molecule has 2 N–H and O–H groups in total. The first-order valence-electron chi connectivity index (χ1n) is 9.64. The fraction of sp³-hybridized carbons (Fsp3) is 0.526. The lowest BCUT2D eigenvalue weighted by Gasteiger charge is -2.25. The second kappa shape index (κ2) is 9.48. The fourth-order valence-electron chi connectivity index (χ4n) is 3.03. The van der Waals surface area contributed by atoms with Gasteiger partial charge in [-0.15, -0.1) is 0 Å². The molecule has 0 fully saturated rings. The van der Waals surface area contributed by atoms with Crippen LogP contribution < -0.4 is 15.4 Å². The maximum absolute atomic E-state index is 13.2. The Labute approximate surface area is 163 Å². The van der Waals surface area contributed by atoms with E-state index in [1.54, 1.807) is 0 Å². The van der Waals surface area contributed by atoms with Gasteiger partial charge >= 0.3 is 0 Å². The summed E-state index contributed by atoms with van der Waals surface area (Å²) in [5, 5.41) is 11.2. The predicted octanol–water partition coefficient (Wildman–Crippen LogP) is 2.07. The molecular formula is C19H26F2N6O. The lowest BCUT2D eigenvalue weighted by Crippen LogP contribution is -2.47. The van der Waals surface area contributed by atoms with Crippen LogP contribution in [-0.4, -0.2) is 46.5 Å². The molecule has 3 rings (SSSR count). The lowest BCUT2D eigenvalue weighted by molar-refractivity contribution is 0.324. The highest BCUT2D eigenvalue weighted by Gasteiger charge is 2.22. The van der Waals surface area contributed by atoms with Gasteiger partial charge in [0.25, 0.3) is 0 Å². The zero-order valence-electron chi connectivity index (χ0n) is 16.2. The predicted molar refractivity (Wildman–Crippen MR) is 102 cm³/mol. The van der Waals surface area contributed by atoms with Gasteiger partial charge in [-0.25, -0.2) is 23.4 Å². The average Bonchev–Trinajstić information content (AvgIpc) is 3.10. The first kappa shape index (κ1) is 20.0. The monoisotopic (exact) mass is 392 g/mol. The molecule has 28 heavy (non-hydrogen) atoms. The average molecular weight is 392 g/mol. The molecule has 2 aromatic rings. The van der Waals surface area contributed by atoms with Crippen molar-refractivity contribution in [3.8, 4) is 5.75 Å². The molecule has 152 valence electrons. The van der Waals surface area contributed by atoms with E-state index >= 15 is 0 Å². The summed E-state index contributed by atoms with van der Waals surface area (Å²) in [5.74, 6) is 1.08. The number of benzene rings is 1. The number of fused-ring (bicyclic) bond motifs is 1. The fourth-order valence-corrected chi connectivity index (χ4v) is 3.03. The number of ether oxygens (including phenoxy) is 1. The highest BCUT2D eigenvalue weighted by atomic mass is 19.2. The van der Waals surface area contributed by atoms with E-state index in [1.165, 1.54) is 6.07 Å². The maximum Gasteiger partial charge on any atom is 0.191 e. The quantitative estimate of drug-likeness (QED) is 0.429. The summed E-state index contributed by atoms with van der Waals surface area (Å²) in [6.07, 6.45) is 2.67. The van der Waals surface area contributed by atoms with Crippen LogP contribution in [0.3, 0.4) is 0 Å². The molecule has 1 aromatic carbocycles. The van der Waals surface area contributed by atoms with E-state index in [2.05, 4.69) is 32.6 Å². The van der Waals surface area contributed by atoms with Gasteiger partial charge in [0, 0.05) is 31.5 Å². The van der Waals surface area contributed by atoms with Crippen molar-refractivity contribution in [1.29, 1.82) is 0 Å². The van der Waals surface area contributed by atoms with Gasteiger partial charge in [0.1, 0.15) is 18.2 Å². The van der Waals surface area contributed by atoms with Gasteiger partial charge in [0.2, 0.25) is 0 Å². The van der Waals surface area contributed by atoms with E-state index < -0.39 is 11.6 Å². The number of halogens is 2. The number of nitrogens with zero attached hydrogens (tertiary/aromatic N) is 4. The van der Waals surface area contributed by atoms with Crippen molar-refractivity contribution < 1.29 is 13.5 Å². The van der Waals surface area contributed by atoms with E-state index in [9.17, 15) is 8.78 Å². The molecule has 1 unspecified atom stereocenters. The molecule has 2 heterocycles. The van der Waals surface area contributed by atoms with E-state index in [0.717, 1.165) is 56.1 Å². The zero-order chi connectivity index (χ0) is 19.9. The van der Waals surface area contributed by atoms with Crippen molar-refractivity contribution in [2.45, 2.75) is 45.7 Å². The Morgan fingerprint density at radius 1 is 1.32 bits per heavy atom. The Morgan fingerprint density at radius 3 is 2.93 bits per heavy atom. The van der Waals surface area contributed by atoms with Crippen LogP contribution in [0.1, 0.15) is 31.9 Å². The molecule has 0 saturated carbocycles. The van der Waals surface area contributed by atoms with Crippen molar-refractivity contribution in [3.63, 3.8) is 0 Å². The summed E-state index contributed by atoms with van der Waals surface area (Å²) in [7, 11) is 0. The number of aromatic nitrogens is 3. The minimum Gasteiger partial charge on any atom is -0.492 e. The molecule has 1 aromatic heterocycles. The Bertz CT molecular complexity index is 823. The molecule has 1 aliphatic rings. The molecule has 0 saturated heterocycles. The standard InChI is InChI=1S/C19H26F2N6O/c1-3-17-25-18-8-5-13(12-27(18)26-17)24-19(22-4-2)23-9-10-28-14-6-7-15(20)16(21)11-14/h6-7,11,13H,3-5,8-10,12H2,1-2H3,(H2,22,23,24). The number of hydrogen-bond acceptors (Lipinski definition) is 4. The zero-order valence-corrected chi connectivity index (χ0v) is 16.2. The van der Waals surface area contributed by atoms with Gasteiger partial charge < -0.3 is 15.4 Å². The maximum atomic E-state index is 13.2. The van der Waals surface area contributed by atoms with Crippen molar-refractivity contribution >= 4 is 5.96 Å². The number of guanidine groups is 1. The van der Waals surface area contributed by atoms with E-state index in [0.29, 0.717) is 12.5 Å². The number of rotatable bonds is 7. The molecular weight excluding hydrogens is 366 g/mol. The first-order valence-corrected chi connectivity index (χ1v) is 9.64. The third-order valence-corrected chi connectivity index (χ3v) is 4.42. The molecule has 0 amide bonds. The van der Waals surface area contributed by atoms with Crippen molar-refractivity contribution in [3.05, 3.63) is 41.5 Å². The second-order valence-electron chi connectivity index (χ2n) is 6.54. The van der Waals surface area contributed by atoms with E-state index in [-0.39, 0.29) is 18.4 Å². The number of hydrogen-bond donors (Lipinski definition) is 2. The van der Waals surface area contributed by atoms with Crippen LogP contribution in [0.25, 0.3) is 0 Å². The number of aliphatic imine (C=N–C) groups is 1. The molecule has 0 spiro atoms. The van der Waals surface area contributed by atoms with E-state index in [4.69, 9.17) is 4.74 Å². The topological polar surface area (TPSA) is 76.4 Å².